The Hall–Kier alpha value is -1.56. The molecule has 0 fully saturated rings. The summed E-state index contributed by atoms with van der Waals surface area (Å²) in [7, 11) is 0. The van der Waals surface area contributed by atoms with Crippen molar-refractivity contribution in [2.24, 2.45) is 5.73 Å². The molecule has 5 nitrogen and oxygen atoms in total. The molecule has 1 amide bonds. The molecule has 0 saturated heterocycles. The lowest BCUT2D eigenvalue weighted by Crippen LogP contribution is -2.19. The number of carbonyl (C=O) groups excluding carboxylic acids is 1. The first-order valence-corrected chi connectivity index (χ1v) is 6.42. The normalized spacial score (nSPS) is 12.2. The number of pyridine rings is 1. The maximum Gasteiger partial charge on any atom is 0.317 e. The second-order valence-electron chi connectivity index (χ2n) is 3.98. The van der Waals surface area contributed by atoms with Crippen molar-refractivity contribution < 1.29 is 14.7 Å². The van der Waals surface area contributed by atoms with Crippen LogP contribution >= 0.6 is 11.8 Å². The molecule has 0 saturated carbocycles. The molecule has 1 atom stereocenters. The van der Waals surface area contributed by atoms with Crippen molar-refractivity contribution in [3.8, 4) is 0 Å². The van der Waals surface area contributed by atoms with Gasteiger partial charge in [-0.2, -0.15) is 0 Å². The maximum absolute atomic E-state index is 11.4. The van der Waals surface area contributed by atoms with Crippen LogP contribution < -0.4 is 5.73 Å². The Morgan fingerprint density at radius 2 is 2.11 bits per heavy atom. The summed E-state index contributed by atoms with van der Waals surface area (Å²) in [6, 6.07) is 1.76. The van der Waals surface area contributed by atoms with Gasteiger partial charge in [0.15, 0.2) is 0 Å². The zero-order chi connectivity index (χ0) is 13.9. The Labute approximate surface area is 110 Å². The summed E-state index contributed by atoms with van der Waals surface area (Å²) in [6.07, 6.45) is 0.451. The number of carboxylic acid groups (broad SMARTS) is 1. The van der Waals surface area contributed by atoms with Gasteiger partial charge in [0.1, 0.15) is 10.3 Å². The van der Waals surface area contributed by atoms with E-state index in [4.69, 9.17) is 10.8 Å². The molecule has 1 rings (SSSR count). The largest absolute Gasteiger partial charge is 0.480 e. The Morgan fingerprint density at radius 3 is 2.56 bits per heavy atom. The molecule has 1 aromatic rings. The fourth-order valence-electron chi connectivity index (χ4n) is 1.63. The molecule has 1 unspecified atom stereocenters. The molecule has 0 aliphatic heterocycles. The Balaban J connectivity index is 3.22. The minimum atomic E-state index is -0.918. The van der Waals surface area contributed by atoms with E-state index in [-0.39, 0.29) is 0 Å². The van der Waals surface area contributed by atoms with Crippen molar-refractivity contribution in [1.82, 2.24) is 4.98 Å². The SMILES string of the molecule is CCC(Sc1nc(C)cc(C)c1C(N)=O)C(=O)O. The molecular weight excluding hydrogens is 252 g/mol. The molecule has 6 heteroatoms. The summed E-state index contributed by atoms with van der Waals surface area (Å²) in [5, 5.41) is 8.81. The van der Waals surface area contributed by atoms with Gasteiger partial charge in [0.25, 0.3) is 5.91 Å². The van der Waals surface area contributed by atoms with E-state index < -0.39 is 17.1 Å². The highest BCUT2D eigenvalue weighted by molar-refractivity contribution is 8.00. The lowest BCUT2D eigenvalue weighted by atomic mass is 10.1. The molecule has 1 heterocycles. The van der Waals surface area contributed by atoms with Gasteiger partial charge >= 0.3 is 5.97 Å². The molecule has 18 heavy (non-hydrogen) atoms. The Morgan fingerprint density at radius 1 is 1.50 bits per heavy atom. The third kappa shape index (κ3) is 3.22. The summed E-state index contributed by atoms with van der Waals surface area (Å²) in [5.41, 5.74) is 7.09. The highest BCUT2D eigenvalue weighted by atomic mass is 32.2. The molecule has 0 aliphatic rings. The number of primary amides is 1. The molecule has 0 aromatic carbocycles. The van der Waals surface area contributed by atoms with Crippen LogP contribution in [0.15, 0.2) is 11.1 Å². The van der Waals surface area contributed by atoms with Gasteiger partial charge in [0.2, 0.25) is 0 Å². The first kappa shape index (κ1) is 14.5. The minimum absolute atomic E-state index is 0.310. The van der Waals surface area contributed by atoms with Crippen LogP contribution in [-0.2, 0) is 4.79 Å². The van der Waals surface area contributed by atoms with Crippen LogP contribution in [0.3, 0.4) is 0 Å². The van der Waals surface area contributed by atoms with E-state index in [1.165, 1.54) is 0 Å². The summed E-state index contributed by atoms with van der Waals surface area (Å²) in [5.74, 6) is -1.50. The van der Waals surface area contributed by atoms with Crippen LogP contribution in [0.5, 0.6) is 0 Å². The third-order valence-electron chi connectivity index (χ3n) is 2.46. The molecular formula is C12H16N2O3S. The van der Waals surface area contributed by atoms with E-state index in [0.29, 0.717) is 17.0 Å². The first-order valence-electron chi connectivity index (χ1n) is 5.54. The number of thioether (sulfide) groups is 1. The van der Waals surface area contributed by atoms with Crippen molar-refractivity contribution in [2.45, 2.75) is 37.5 Å². The van der Waals surface area contributed by atoms with Crippen molar-refractivity contribution in [1.29, 1.82) is 0 Å². The van der Waals surface area contributed by atoms with Gasteiger partial charge in [-0.15, -0.1) is 0 Å². The number of carbonyl (C=O) groups is 2. The van der Waals surface area contributed by atoms with Gasteiger partial charge in [0, 0.05) is 5.69 Å². The fraction of sp³-hybridized carbons (Fsp3) is 0.417. The molecule has 0 spiro atoms. The van der Waals surface area contributed by atoms with Crippen LogP contribution in [-0.4, -0.2) is 27.2 Å². The Kier molecular flexibility index (Phi) is 4.72. The lowest BCUT2D eigenvalue weighted by Gasteiger charge is -2.13. The first-order chi connectivity index (χ1) is 8.36. The van der Waals surface area contributed by atoms with Crippen molar-refractivity contribution >= 4 is 23.6 Å². The van der Waals surface area contributed by atoms with Crippen LogP contribution in [0, 0.1) is 13.8 Å². The van der Waals surface area contributed by atoms with E-state index in [1.807, 2.05) is 0 Å². The number of hydrogen-bond acceptors (Lipinski definition) is 4. The van der Waals surface area contributed by atoms with E-state index in [2.05, 4.69) is 4.98 Å². The predicted molar refractivity (Wildman–Crippen MR) is 69.8 cm³/mol. The van der Waals surface area contributed by atoms with Crippen molar-refractivity contribution in [3.63, 3.8) is 0 Å². The molecule has 98 valence electrons. The minimum Gasteiger partial charge on any atom is -0.480 e. The summed E-state index contributed by atoms with van der Waals surface area (Å²) < 4.78 is 0. The standard InChI is InChI=1S/C12H16N2O3S/c1-4-8(12(16)17)18-11-9(10(13)15)6(2)5-7(3)14-11/h5,8H,4H2,1-3H3,(H2,13,15)(H,16,17). The van der Waals surface area contributed by atoms with Crippen molar-refractivity contribution in [2.75, 3.05) is 0 Å². The average Bonchev–Trinajstić information content (AvgIpc) is 2.23. The molecule has 0 aliphatic carbocycles. The summed E-state index contributed by atoms with van der Waals surface area (Å²) in [4.78, 5) is 26.7. The number of aliphatic carboxylic acids is 1. The third-order valence-corrected chi connectivity index (χ3v) is 3.80. The second kappa shape index (κ2) is 5.86. The number of rotatable bonds is 5. The number of aromatic nitrogens is 1. The zero-order valence-corrected chi connectivity index (χ0v) is 11.4. The quantitative estimate of drug-likeness (QED) is 0.793. The smallest absolute Gasteiger partial charge is 0.317 e. The second-order valence-corrected chi connectivity index (χ2v) is 5.17. The lowest BCUT2D eigenvalue weighted by molar-refractivity contribution is -0.136. The van der Waals surface area contributed by atoms with Gasteiger partial charge in [-0.3, -0.25) is 9.59 Å². The predicted octanol–water partition coefficient (Wildman–Crippen LogP) is 1.75. The van der Waals surface area contributed by atoms with Crippen LogP contribution in [0.1, 0.15) is 35.0 Å². The highest BCUT2D eigenvalue weighted by Gasteiger charge is 2.22. The zero-order valence-electron chi connectivity index (χ0n) is 10.6. The molecule has 0 bridgehead atoms. The summed E-state index contributed by atoms with van der Waals surface area (Å²) >= 11 is 1.07. The van der Waals surface area contributed by atoms with Crippen molar-refractivity contribution in [3.05, 3.63) is 22.9 Å². The van der Waals surface area contributed by atoms with E-state index in [9.17, 15) is 9.59 Å². The van der Waals surface area contributed by atoms with E-state index in [1.54, 1.807) is 26.8 Å². The summed E-state index contributed by atoms with van der Waals surface area (Å²) in [6.45, 7) is 5.34. The van der Waals surface area contributed by atoms with Crippen LogP contribution in [0.4, 0.5) is 0 Å². The van der Waals surface area contributed by atoms with E-state index in [0.717, 1.165) is 23.0 Å². The fourth-order valence-corrected chi connectivity index (χ4v) is 2.74. The van der Waals surface area contributed by atoms with Gasteiger partial charge in [-0.1, -0.05) is 18.7 Å². The number of aryl methyl sites for hydroxylation is 2. The van der Waals surface area contributed by atoms with Gasteiger partial charge in [-0.25, -0.2) is 4.98 Å². The molecule has 3 N–H and O–H groups in total. The van der Waals surface area contributed by atoms with E-state index >= 15 is 0 Å². The topological polar surface area (TPSA) is 93.3 Å². The van der Waals surface area contributed by atoms with Gasteiger partial charge < -0.3 is 10.8 Å². The monoisotopic (exact) mass is 268 g/mol. The van der Waals surface area contributed by atoms with Gasteiger partial charge in [0.05, 0.1) is 5.56 Å². The number of amides is 1. The number of nitrogens with two attached hydrogens (primary N) is 1. The van der Waals surface area contributed by atoms with Crippen LogP contribution in [0.2, 0.25) is 0 Å². The van der Waals surface area contributed by atoms with Crippen LogP contribution in [0.25, 0.3) is 0 Å². The number of nitrogens with zero attached hydrogens (tertiary/aromatic N) is 1. The Bertz CT molecular complexity index is 488. The molecule has 1 aromatic heterocycles. The highest BCUT2D eigenvalue weighted by Crippen LogP contribution is 2.29. The number of hydrogen-bond donors (Lipinski definition) is 2. The van der Waals surface area contributed by atoms with Gasteiger partial charge in [-0.05, 0) is 31.9 Å². The number of carboxylic acids is 1. The maximum atomic E-state index is 11.4. The molecule has 0 radical (unpaired) electrons. The average molecular weight is 268 g/mol.